The largest absolute Gasteiger partial charge is 0.302 e. The highest BCUT2D eigenvalue weighted by atomic mass is 16.1. The van der Waals surface area contributed by atoms with Crippen LogP contribution in [0.3, 0.4) is 0 Å². The zero-order valence-electron chi connectivity index (χ0n) is 6.55. The molecule has 0 aromatic rings. The Balaban J connectivity index is 2.85. The van der Waals surface area contributed by atoms with Crippen molar-refractivity contribution < 1.29 is 4.79 Å². The van der Waals surface area contributed by atoms with Crippen molar-refractivity contribution in [2.75, 3.05) is 0 Å². The minimum atomic E-state index is -0.198. The molecule has 1 fully saturated rings. The van der Waals surface area contributed by atoms with Gasteiger partial charge < -0.3 is 4.79 Å². The molecule has 0 amide bonds. The maximum absolute atomic E-state index is 10.6. The Bertz CT molecular complexity index is 219. The Morgan fingerprint density at radius 3 is 2.27 bits per heavy atom. The van der Waals surface area contributed by atoms with Gasteiger partial charge in [0, 0.05) is 0 Å². The summed E-state index contributed by atoms with van der Waals surface area (Å²) in [6.07, 6.45) is 8.23. The number of rotatable bonds is 4. The fourth-order valence-electron chi connectivity index (χ4n) is 1.17. The lowest BCUT2D eigenvalue weighted by Gasteiger charge is -2.05. The van der Waals surface area contributed by atoms with Crippen LogP contribution in [0.2, 0.25) is 0 Å². The molecule has 0 saturated heterocycles. The van der Waals surface area contributed by atoms with Gasteiger partial charge in [-0.15, -0.1) is 0 Å². The van der Waals surface area contributed by atoms with Gasteiger partial charge in [-0.1, -0.05) is 31.4 Å². The van der Waals surface area contributed by atoms with E-state index in [1.807, 2.05) is 6.08 Å². The second-order valence-electron chi connectivity index (χ2n) is 2.84. The highest BCUT2D eigenvalue weighted by Crippen LogP contribution is 2.50. The molecular weight excluding hydrogens is 136 g/mol. The van der Waals surface area contributed by atoms with E-state index in [1.54, 1.807) is 12.2 Å². The van der Waals surface area contributed by atoms with Gasteiger partial charge in [0.15, 0.2) is 0 Å². The van der Waals surface area contributed by atoms with Crippen molar-refractivity contribution in [3.8, 4) is 0 Å². The molecule has 1 saturated carbocycles. The second-order valence-corrected chi connectivity index (χ2v) is 2.84. The molecule has 0 aromatic carbocycles. The molecule has 0 spiro atoms. The highest BCUT2D eigenvalue weighted by Gasteiger charge is 2.44. The molecule has 0 unspecified atom stereocenters. The SMILES string of the molecule is C=C/C=C(\C=C)C1(C=O)CC1. The molecule has 1 heteroatoms. The van der Waals surface area contributed by atoms with E-state index in [-0.39, 0.29) is 5.41 Å². The average molecular weight is 148 g/mol. The molecule has 1 aliphatic carbocycles. The third-order valence-electron chi connectivity index (χ3n) is 2.11. The molecule has 0 heterocycles. The fourth-order valence-corrected chi connectivity index (χ4v) is 1.17. The number of carbonyl (C=O) groups is 1. The minimum Gasteiger partial charge on any atom is -0.302 e. The zero-order chi connectivity index (χ0) is 8.32. The van der Waals surface area contributed by atoms with Crippen LogP contribution in [-0.2, 0) is 4.79 Å². The van der Waals surface area contributed by atoms with Crippen LogP contribution in [0.25, 0.3) is 0 Å². The molecule has 0 radical (unpaired) electrons. The summed E-state index contributed by atoms with van der Waals surface area (Å²) in [6, 6.07) is 0. The maximum Gasteiger partial charge on any atom is 0.130 e. The summed E-state index contributed by atoms with van der Waals surface area (Å²) in [5.41, 5.74) is 0.804. The van der Waals surface area contributed by atoms with Crippen molar-refractivity contribution >= 4 is 6.29 Å². The van der Waals surface area contributed by atoms with Gasteiger partial charge >= 0.3 is 0 Å². The van der Waals surface area contributed by atoms with E-state index in [2.05, 4.69) is 13.2 Å². The van der Waals surface area contributed by atoms with E-state index in [4.69, 9.17) is 0 Å². The first-order chi connectivity index (χ1) is 5.29. The topological polar surface area (TPSA) is 17.1 Å². The number of hydrogen-bond donors (Lipinski definition) is 0. The van der Waals surface area contributed by atoms with Gasteiger partial charge in [0.25, 0.3) is 0 Å². The first-order valence-corrected chi connectivity index (χ1v) is 3.71. The molecule has 1 nitrogen and oxygen atoms in total. The summed E-state index contributed by atoms with van der Waals surface area (Å²) < 4.78 is 0. The Hall–Kier alpha value is -1.11. The third kappa shape index (κ3) is 1.32. The van der Waals surface area contributed by atoms with Crippen molar-refractivity contribution in [2.24, 2.45) is 5.41 Å². The Morgan fingerprint density at radius 1 is 1.36 bits per heavy atom. The van der Waals surface area contributed by atoms with Crippen molar-refractivity contribution in [1.29, 1.82) is 0 Å². The van der Waals surface area contributed by atoms with E-state index in [0.29, 0.717) is 0 Å². The standard InChI is InChI=1S/C10H12O/c1-3-5-9(4-2)10(8-11)6-7-10/h3-5,8H,1-2,6-7H2/b9-5+. The van der Waals surface area contributed by atoms with Crippen molar-refractivity contribution in [3.63, 3.8) is 0 Å². The van der Waals surface area contributed by atoms with Crippen LogP contribution >= 0.6 is 0 Å². The first-order valence-electron chi connectivity index (χ1n) is 3.71. The van der Waals surface area contributed by atoms with Gasteiger partial charge in [-0.3, -0.25) is 0 Å². The molecule has 11 heavy (non-hydrogen) atoms. The molecule has 1 rings (SSSR count). The zero-order valence-corrected chi connectivity index (χ0v) is 6.55. The molecule has 0 aliphatic heterocycles. The summed E-state index contributed by atoms with van der Waals surface area (Å²) in [5.74, 6) is 0. The number of carbonyl (C=O) groups excluding carboxylic acids is 1. The first kappa shape index (κ1) is 7.99. The van der Waals surface area contributed by atoms with Gasteiger partial charge in [0.2, 0.25) is 0 Å². The predicted molar refractivity (Wildman–Crippen MR) is 46.2 cm³/mol. The van der Waals surface area contributed by atoms with Crippen LogP contribution < -0.4 is 0 Å². The van der Waals surface area contributed by atoms with Crippen molar-refractivity contribution in [3.05, 3.63) is 37.0 Å². The molecule has 0 aromatic heterocycles. The van der Waals surface area contributed by atoms with Crippen LogP contribution in [0.4, 0.5) is 0 Å². The number of aldehydes is 1. The quantitative estimate of drug-likeness (QED) is 0.441. The normalized spacial score (nSPS) is 20.5. The molecule has 58 valence electrons. The number of hydrogen-bond acceptors (Lipinski definition) is 1. The molecule has 0 N–H and O–H groups in total. The summed E-state index contributed by atoms with van der Waals surface area (Å²) in [6.45, 7) is 7.24. The van der Waals surface area contributed by atoms with E-state index in [0.717, 1.165) is 24.7 Å². The Morgan fingerprint density at radius 2 is 2.00 bits per heavy atom. The van der Waals surface area contributed by atoms with Gasteiger partial charge in [-0.05, 0) is 18.4 Å². The third-order valence-corrected chi connectivity index (χ3v) is 2.11. The van der Waals surface area contributed by atoms with Gasteiger partial charge in [-0.25, -0.2) is 0 Å². The number of allylic oxidation sites excluding steroid dienone is 4. The summed E-state index contributed by atoms with van der Waals surface area (Å²) in [7, 11) is 0. The Kier molecular flexibility index (Phi) is 2.08. The molecule has 0 atom stereocenters. The van der Waals surface area contributed by atoms with Crippen molar-refractivity contribution in [1.82, 2.24) is 0 Å². The summed E-state index contributed by atoms with van der Waals surface area (Å²) in [5, 5.41) is 0. The van der Waals surface area contributed by atoms with E-state index in [9.17, 15) is 4.79 Å². The van der Waals surface area contributed by atoms with Crippen LogP contribution in [-0.4, -0.2) is 6.29 Å². The lowest BCUT2D eigenvalue weighted by Crippen LogP contribution is -2.03. The highest BCUT2D eigenvalue weighted by molar-refractivity contribution is 5.71. The van der Waals surface area contributed by atoms with Crippen molar-refractivity contribution in [2.45, 2.75) is 12.8 Å². The average Bonchev–Trinajstić information content (AvgIpc) is 2.81. The van der Waals surface area contributed by atoms with Gasteiger partial charge in [-0.2, -0.15) is 0 Å². The molecule has 0 bridgehead atoms. The van der Waals surface area contributed by atoms with Crippen LogP contribution in [0, 0.1) is 5.41 Å². The lowest BCUT2D eigenvalue weighted by molar-refractivity contribution is -0.111. The van der Waals surface area contributed by atoms with Crippen LogP contribution in [0.1, 0.15) is 12.8 Å². The minimum absolute atomic E-state index is 0.198. The fraction of sp³-hybridized carbons (Fsp3) is 0.300. The van der Waals surface area contributed by atoms with E-state index < -0.39 is 0 Å². The predicted octanol–water partition coefficient (Wildman–Crippen LogP) is 2.26. The van der Waals surface area contributed by atoms with E-state index >= 15 is 0 Å². The lowest BCUT2D eigenvalue weighted by atomic mass is 9.97. The molecule has 1 aliphatic rings. The van der Waals surface area contributed by atoms with E-state index in [1.165, 1.54) is 0 Å². The van der Waals surface area contributed by atoms with Gasteiger partial charge in [0.05, 0.1) is 5.41 Å². The summed E-state index contributed by atoms with van der Waals surface area (Å²) in [4.78, 5) is 10.6. The monoisotopic (exact) mass is 148 g/mol. The smallest absolute Gasteiger partial charge is 0.130 e. The van der Waals surface area contributed by atoms with Crippen LogP contribution in [0.5, 0.6) is 0 Å². The second kappa shape index (κ2) is 2.87. The van der Waals surface area contributed by atoms with Gasteiger partial charge in [0.1, 0.15) is 6.29 Å². The maximum atomic E-state index is 10.6. The van der Waals surface area contributed by atoms with Crippen LogP contribution in [0.15, 0.2) is 37.0 Å². The Labute approximate surface area is 67.1 Å². The summed E-state index contributed by atoms with van der Waals surface area (Å²) >= 11 is 0. The molecular formula is C10H12O.